The summed E-state index contributed by atoms with van der Waals surface area (Å²) in [5.74, 6) is -0.305. The van der Waals surface area contributed by atoms with Gasteiger partial charge in [-0.1, -0.05) is 34.1 Å². The van der Waals surface area contributed by atoms with E-state index in [0.29, 0.717) is 5.56 Å². The van der Waals surface area contributed by atoms with Crippen molar-refractivity contribution in [3.05, 3.63) is 70.3 Å². The Labute approximate surface area is 139 Å². The summed E-state index contributed by atoms with van der Waals surface area (Å²) < 4.78 is 0.736. The lowest BCUT2D eigenvalue weighted by molar-refractivity contribution is 0.103. The van der Waals surface area contributed by atoms with Crippen molar-refractivity contribution < 1.29 is 9.90 Å². The van der Waals surface area contributed by atoms with E-state index < -0.39 is 0 Å². The molecule has 4 aromatic rings. The first-order valence-electron chi connectivity index (χ1n) is 7.03. The molecule has 0 fully saturated rings. The minimum absolute atomic E-state index is 0.0442. The molecule has 0 radical (unpaired) electrons. The number of pyridine rings is 1. The zero-order valence-electron chi connectivity index (χ0n) is 11.9. The Balaban J connectivity index is 1.90. The van der Waals surface area contributed by atoms with E-state index in [1.807, 2.05) is 30.3 Å². The quantitative estimate of drug-likeness (QED) is 0.516. The summed E-state index contributed by atoms with van der Waals surface area (Å²) in [6.07, 6.45) is 1.53. The molecule has 0 aliphatic heterocycles. The van der Waals surface area contributed by atoms with Crippen molar-refractivity contribution in [2.45, 2.75) is 0 Å². The number of H-pyrrole nitrogens is 1. The summed E-state index contributed by atoms with van der Waals surface area (Å²) in [5.41, 5.74) is 2.40. The average Bonchev–Trinajstić information content (AvgIpc) is 2.94. The molecular weight excluding hydrogens is 356 g/mol. The molecule has 2 heterocycles. The highest BCUT2D eigenvalue weighted by Gasteiger charge is 2.16. The standard InChI is InChI=1S/C18H11BrN2O2/c19-11-5-6-16(22)14(8-11)17(23)10-7-13-12-3-1-2-4-15(12)21-18(13)20-9-10/h1-9,22H,(H,20,21). The molecule has 2 N–H and O–H groups in total. The van der Waals surface area contributed by atoms with Crippen LogP contribution in [0.2, 0.25) is 0 Å². The number of halogens is 1. The van der Waals surface area contributed by atoms with Gasteiger partial charge in [-0.2, -0.15) is 0 Å². The van der Waals surface area contributed by atoms with Crippen LogP contribution in [0.5, 0.6) is 5.75 Å². The number of para-hydroxylation sites is 1. The number of carbonyl (C=O) groups excluding carboxylic acids is 1. The van der Waals surface area contributed by atoms with Gasteiger partial charge in [0.1, 0.15) is 11.4 Å². The SMILES string of the molecule is O=C(c1cnc2[nH]c3ccccc3c2c1)c1cc(Br)ccc1O. The van der Waals surface area contributed by atoms with Crippen molar-refractivity contribution >= 4 is 43.6 Å². The molecule has 0 aliphatic carbocycles. The molecule has 0 saturated carbocycles. The lowest BCUT2D eigenvalue weighted by Gasteiger charge is -2.04. The first-order chi connectivity index (χ1) is 11.1. The first kappa shape index (κ1) is 14.0. The fourth-order valence-corrected chi connectivity index (χ4v) is 3.06. The predicted molar refractivity (Wildman–Crippen MR) is 92.8 cm³/mol. The zero-order valence-corrected chi connectivity index (χ0v) is 13.5. The topological polar surface area (TPSA) is 66.0 Å². The number of fused-ring (bicyclic) bond motifs is 3. The number of phenols is 1. The maximum Gasteiger partial charge on any atom is 0.198 e. The van der Waals surface area contributed by atoms with Crippen molar-refractivity contribution in [1.29, 1.82) is 0 Å². The van der Waals surface area contributed by atoms with Gasteiger partial charge in [0, 0.05) is 32.5 Å². The number of aromatic amines is 1. The highest BCUT2D eigenvalue weighted by molar-refractivity contribution is 9.10. The number of rotatable bonds is 2. The van der Waals surface area contributed by atoms with Crippen molar-refractivity contribution in [2.75, 3.05) is 0 Å². The van der Waals surface area contributed by atoms with Crippen LogP contribution in [0.3, 0.4) is 0 Å². The van der Waals surface area contributed by atoms with Gasteiger partial charge in [-0.05, 0) is 30.3 Å². The summed E-state index contributed by atoms with van der Waals surface area (Å²) in [5, 5.41) is 11.9. The van der Waals surface area contributed by atoms with Gasteiger partial charge in [0.15, 0.2) is 5.78 Å². The van der Waals surface area contributed by atoms with E-state index in [4.69, 9.17) is 0 Å². The van der Waals surface area contributed by atoms with Crippen LogP contribution in [-0.4, -0.2) is 20.9 Å². The number of ketones is 1. The van der Waals surface area contributed by atoms with E-state index in [-0.39, 0.29) is 17.1 Å². The number of benzene rings is 2. The third kappa shape index (κ3) is 2.29. The van der Waals surface area contributed by atoms with Crippen LogP contribution in [0.1, 0.15) is 15.9 Å². The molecule has 0 spiro atoms. The van der Waals surface area contributed by atoms with Crippen molar-refractivity contribution in [2.24, 2.45) is 0 Å². The van der Waals surface area contributed by atoms with Gasteiger partial charge < -0.3 is 10.1 Å². The molecule has 0 aliphatic rings. The summed E-state index contributed by atoms with van der Waals surface area (Å²) in [6.45, 7) is 0. The highest BCUT2D eigenvalue weighted by atomic mass is 79.9. The summed E-state index contributed by atoms with van der Waals surface area (Å²) in [7, 11) is 0. The van der Waals surface area contributed by atoms with Crippen LogP contribution >= 0.6 is 15.9 Å². The molecule has 0 bridgehead atoms. The van der Waals surface area contributed by atoms with Gasteiger partial charge in [-0.3, -0.25) is 4.79 Å². The predicted octanol–water partition coefficient (Wildman–Crippen LogP) is 4.42. The highest BCUT2D eigenvalue weighted by Crippen LogP contribution is 2.28. The van der Waals surface area contributed by atoms with E-state index in [0.717, 1.165) is 26.4 Å². The molecule has 4 nitrogen and oxygen atoms in total. The van der Waals surface area contributed by atoms with Crippen LogP contribution in [-0.2, 0) is 0 Å². The Morgan fingerprint density at radius 2 is 1.91 bits per heavy atom. The number of aromatic nitrogens is 2. The Kier molecular flexibility index (Phi) is 3.16. The lowest BCUT2D eigenvalue weighted by atomic mass is 10.0. The number of nitrogens with zero attached hydrogens (tertiary/aromatic N) is 1. The Morgan fingerprint density at radius 3 is 2.78 bits per heavy atom. The van der Waals surface area contributed by atoms with Crippen LogP contribution < -0.4 is 0 Å². The number of nitrogens with one attached hydrogen (secondary N) is 1. The van der Waals surface area contributed by atoms with Gasteiger partial charge in [0.05, 0.1) is 5.56 Å². The Bertz CT molecular complexity index is 1070. The summed E-state index contributed by atoms with van der Waals surface area (Å²) in [6, 6.07) is 14.5. The second-order valence-corrected chi connectivity index (χ2v) is 6.20. The van der Waals surface area contributed by atoms with Gasteiger partial charge in [0.2, 0.25) is 0 Å². The van der Waals surface area contributed by atoms with Gasteiger partial charge >= 0.3 is 0 Å². The number of phenolic OH excluding ortho intramolecular Hbond substituents is 1. The lowest BCUT2D eigenvalue weighted by Crippen LogP contribution is -2.02. The number of aromatic hydroxyl groups is 1. The minimum atomic E-state index is -0.261. The van der Waals surface area contributed by atoms with E-state index in [1.165, 1.54) is 12.3 Å². The van der Waals surface area contributed by atoms with Crippen LogP contribution in [0, 0.1) is 0 Å². The first-order valence-corrected chi connectivity index (χ1v) is 7.82. The largest absolute Gasteiger partial charge is 0.507 e. The second kappa shape index (κ2) is 5.21. The maximum atomic E-state index is 12.7. The molecular formula is C18H11BrN2O2. The van der Waals surface area contributed by atoms with E-state index in [1.54, 1.807) is 12.1 Å². The fraction of sp³-hybridized carbons (Fsp3) is 0. The van der Waals surface area contributed by atoms with Crippen LogP contribution in [0.15, 0.2) is 59.2 Å². The van der Waals surface area contributed by atoms with Crippen molar-refractivity contribution in [1.82, 2.24) is 9.97 Å². The summed E-state index contributed by atoms with van der Waals surface area (Å²) >= 11 is 3.32. The smallest absolute Gasteiger partial charge is 0.198 e. The average molecular weight is 367 g/mol. The van der Waals surface area contributed by atoms with Crippen LogP contribution in [0.4, 0.5) is 0 Å². The maximum absolute atomic E-state index is 12.7. The fourth-order valence-electron chi connectivity index (χ4n) is 2.69. The monoisotopic (exact) mass is 366 g/mol. The third-order valence-corrected chi connectivity index (χ3v) is 4.32. The molecule has 2 aromatic heterocycles. The molecule has 4 rings (SSSR count). The number of hydrogen-bond acceptors (Lipinski definition) is 3. The molecule has 5 heteroatoms. The number of carbonyl (C=O) groups is 1. The van der Waals surface area contributed by atoms with Crippen molar-refractivity contribution in [3.63, 3.8) is 0 Å². The second-order valence-electron chi connectivity index (χ2n) is 5.28. The normalized spacial score (nSPS) is 11.2. The Hall–Kier alpha value is -2.66. The van der Waals surface area contributed by atoms with Gasteiger partial charge in [-0.25, -0.2) is 4.98 Å². The van der Waals surface area contributed by atoms with Crippen molar-refractivity contribution in [3.8, 4) is 5.75 Å². The van der Waals surface area contributed by atoms with E-state index in [2.05, 4.69) is 25.9 Å². The molecule has 2 aromatic carbocycles. The minimum Gasteiger partial charge on any atom is -0.507 e. The molecule has 112 valence electrons. The summed E-state index contributed by atoms with van der Waals surface area (Å²) in [4.78, 5) is 20.3. The molecule has 0 unspecified atom stereocenters. The van der Waals surface area contributed by atoms with E-state index >= 15 is 0 Å². The van der Waals surface area contributed by atoms with Crippen LogP contribution in [0.25, 0.3) is 21.9 Å². The number of hydrogen-bond donors (Lipinski definition) is 2. The third-order valence-electron chi connectivity index (χ3n) is 3.82. The molecule has 0 saturated heterocycles. The zero-order chi connectivity index (χ0) is 16.0. The Morgan fingerprint density at radius 1 is 1.09 bits per heavy atom. The van der Waals surface area contributed by atoms with E-state index in [9.17, 15) is 9.90 Å². The molecule has 0 amide bonds. The molecule has 0 atom stereocenters. The van der Waals surface area contributed by atoms with Gasteiger partial charge in [0.25, 0.3) is 0 Å². The van der Waals surface area contributed by atoms with Gasteiger partial charge in [-0.15, -0.1) is 0 Å². The molecule has 23 heavy (non-hydrogen) atoms.